The van der Waals surface area contributed by atoms with Crippen LogP contribution in [-0.2, 0) is 0 Å². The van der Waals surface area contributed by atoms with E-state index in [9.17, 15) is 31.1 Å². The molecular weight excluding hydrogens is 428 g/mol. The summed E-state index contributed by atoms with van der Waals surface area (Å²) >= 11 is 0. The molecule has 1 atom stereocenters. The van der Waals surface area contributed by atoms with Gasteiger partial charge in [0.1, 0.15) is 6.67 Å². The van der Waals surface area contributed by atoms with Crippen molar-refractivity contribution in [3.05, 3.63) is 35.8 Å². The van der Waals surface area contributed by atoms with Crippen molar-refractivity contribution < 1.29 is 35.9 Å². The predicted octanol–water partition coefficient (Wildman–Crippen LogP) is 4.21. The average Bonchev–Trinajstić information content (AvgIpc) is 2.72. The number of carbonyl (C=O) groups excluding carboxylic acids is 1. The number of benzene rings is 1. The van der Waals surface area contributed by atoms with Gasteiger partial charge in [0.15, 0.2) is 11.6 Å². The minimum absolute atomic E-state index is 0.157. The lowest BCUT2D eigenvalue weighted by atomic mass is 9.90. The van der Waals surface area contributed by atoms with Gasteiger partial charge >= 0.3 is 6.61 Å². The van der Waals surface area contributed by atoms with Gasteiger partial charge in [0, 0.05) is 29.7 Å². The Hall–Kier alpha value is -2.56. The monoisotopic (exact) mass is 449 g/mol. The van der Waals surface area contributed by atoms with Crippen molar-refractivity contribution >= 4 is 16.8 Å². The second-order valence-corrected chi connectivity index (χ2v) is 7.36. The van der Waals surface area contributed by atoms with Crippen LogP contribution in [0.5, 0.6) is 5.75 Å². The van der Waals surface area contributed by atoms with Crippen molar-refractivity contribution in [1.29, 1.82) is 0 Å². The van der Waals surface area contributed by atoms with Gasteiger partial charge in [0.05, 0.1) is 17.1 Å². The van der Waals surface area contributed by atoms with E-state index in [-0.39, 0.29) is 28.6 Å². The fourth-order valence-electron chi connectivity index (χ4n) is 3.60. The zero-order valence-electron chi connectivity index (χ0n) is 16.3. The van der Waals surface area contributed by atoms with Crippen LogP contribution >= 0.6 is 0 Å². The van der Waals surface area contributed by atoms with Gasteiger partial charge in [0.2, 0.25) is 0 Å². The molecule has 0 aliphatic heterocycles. The minimum atomic E-state index is -3.18. The summed E-state index contributed by atoms with van der Waals surface area (Å²) in [5.74, 6) is -2.10. The molecule has 5 nitrogen and oxygen atoms in total. The Kier molecular flexibility index (Phi) is 7.58. The molecule has 0 saturated heterocycles. The van der Waals surface area contributed by atoms with Crippen LogP contribution in [0.3, 0.4) is 0 Å². The molecule has 31 heavy (non-hydrogen) atoms. The number of nitrogens with one attached hydrogen (secondary N) is 2. The molecule has 1 fully saturated rings. The van der Waals surface area contributed by atoms with Crippen LogP contribution in [0.1, 0.15) is 36.0 Å². The van der Waals surface area contributed by atoms with E-state index in [1.165, 1.54) is 12.3 Å². The fraction of sp³-hybridized carbons (Fsp3) is 0.500. The quantitative estimate of drug-likeness (QED) is 0.593. The van der Waals surface area contributed by atoms with Gasteiger partial charge in [-0.15, -0.1) is 0 Å². The molecule has 0 radical (unpaired) electrons. The summed E-state index contributed by atoms with van der Waals surface area (Å²) in [5, 5.41) is 5.67. The summed E-state index contributed by atoms with van der Waals surface area (Å²) in [5.41, 5.74) is 0.339. The molecule has 11 heteroatoms. The summed E-state index contributed by atoms with van der Waals surface area (Å²) in [6, 6.07) is 1.42. The largest absolute Gasteiger partial charge is 0.432 e. The van der Waals surface area contributed by atoms with Crippen LogP contribution in [-0.4, -0.2) is 48.7 Å². The highest BCUT2D eigenvalue weighted by molar-refractivity contribution is 5.97. The highest BCUT2D eigenvalue weighted by Crippen LogP contribution is 2.26. The molecule has 0 bridgehead atoms. The van der Waals surface area contributed by atoms with Gasteiger partial charge < -0.3 is 15.4 Å². The van der Waals surface area contributed by atoms with Gasteiger partial charge in [-0.3, -0.25) is 9.78 Å². The number of nitrogens with zero attached hydrogens (tertiary/aromatic N) is 1. The van der Waals surface area contributed by atoms with Crippen LogP contribution < -0.4 is 15.4 Å². The third-order valence-corrected chi connectivity index (χ3v) is 5.20. The standard InChI is InChI=1S/C20H21F6N3O2/c21-8-16(18(23)24)28-12-1-3-13(4-2-12)29-19(30)11-5-10-6-14(22)17(31-20(25)26)7-15(10)27-9-11/h5-7,9,12-13,16,18,20,28H,1-4,8H2,(H,29,30). The molecular formula is C20H21F6N3O2. The third-order valence-electron chi connectivity index (χ3n) is 5.20. The van der Waals surface area contributed by atoms with Gasteiger partial charge in [-0.25, -0.2) is 17.6 Å². The van der Waals surface area contributed by atoms with Gasteiger partial charge in [-0.1, -0.05) is 0 Å². The lowest BCUT2D eigenvalue weighted by Crippen LogP contribution is -2.48. The van der Waals surface area contributed by atoms with E-state index in [4.69, 9.17) is 0 Å². The van der Waals surface area contributed by atoms with E-state index >= 15 is 0 Å². The SMILES string of the molecule is O=C(NC1CCC(NC(CF)C(F)F)CC1)c1cnc2cc(OC(F)F)c(F)cc2c1. The van der Waals surface area contributed by atoms with E-state index in [1.54, 1.807) is 0 Å². The van der Waals surface area contributed by atoms with Gasteiger partial charge in [-0.05, 0) is 37.8 Å². The summed E-state index contributed by atoms with van der Waals surface area (Å²) in [6.07, 6.45) is 0.504. The van der Waals surface area contributed by atoms with Crippen LogP contribution in [0.25, 0.3) is 10.9 Å². The molecule has 170 valence electrons. The van der Waals surface area contributed by atoms with Crippen molar-refractivity contribution in [3.63, 3.8) is 0 Å². The molecule has 1 amide bonds. The fourth-order valence-corrected chi connectivity index (χ4v) is 3.60. The van der Waals surface area contributed by atoms with E-state index < -0.39 is 43.2 Å². The lowest BCUT2D eigenvalue weighted by molar-refractivity contribution is -0.0520. The lowest BCUT2D eigenvalue weighted by Gasteiger charge is -2.31. The van der Waals surface area contributed by atoms with E-state index in [1.807, 2.05) is 0 Å². The molecule has 2 aromatic rings. The number of fused-ring (bicyclic) bond motifs is 1. The van der Waals surface area contributed by atoms with E-state index in [0.29, 0.717) is 25.7 Å². The van der Waals surface area contributed by atoms with Crippen LogP contribution in [0, 0.1) is 5.82 Å². The molecule has 1 saturated carbocycles. The Labute approximate surface area is 174 Å². The highest BCUT2D eigenvalue weighted by atomic mass is 19.3. The van der Waals surface area contributed by atoms with Crippen molar-refractivity contribution in [1.82, 2.24) is 15.6 Å². The second-order valence-electron chi connectivity index (χ2n) is 7.36. The summed E-state index contributed by atoms with van der Waals surface area (Å²) < 4.78 is 80.6. The maximum Gasteiger partial charge on any atom is 0.387 e. The number of pyridine rings is 1. The first-order valence-electron chi connectivity index (χ1n) is 9.72. The number of rotatable bonds is 8. The molecule has 1 heterocycles. The Bertz CT molecular complexity index is 906. The Balaban J connectivity index is 1.59. The first-order chi connectivity index (χ1) is 14.8. The van der Waals surface area contributed by atoms with Crippen molar-refractivity contribution in [2.75, 3.05) is 6.67 Å². The van der Waals surface area contributed by atoms with Crippen molar-refractivity contribution in [2.45, 2.75) is 56.8 Å². The molecule has 1 aromatic heterocycles. The zero-order valence-corrected chi connectivity index (χ0v) is 16.3. The van der Waals surface area contributed by atoms with Gasteiger partial charge in [-0.2, -0.15) is 8.78 Å². The third kappa shape index (κ3) is 5.99. The molecule has 1 unspecified atom stereocenters. The second kappa shape index (κ2) is 10.2. The van der Waals surface area contributed by atoms with Crippen molar-refractivity contribution in [3.8, 4) is 5.75 Å². The normalized spacial score (nSPS) is 20.3. The maximum absolute atomic E-state index is 13.9. The predicted molar refractivity (Wildman–Crippen MR) is 101 cm³/mol. The minimum Gasteiger partial charge on any atom is -0.432 e. The number of aromatic nitrogens is 1. The van der Waals surface area contributed by atoms with Gasteiger partial charge in [0.25, 0.3) is 12.3 Å². The first kappa shape index (κ1) is 23.1. The molecule has 1 aromatic carbocycles. The summed E-state index contributed by atoms with van der Waals surface area (Å²) in [6.45, 7) is -4.33. The van der Waals surface area contributed by atoms with Crippen LogP contribution in [0.15, 0.2) is 24.4 Å². The Morgan fingerprint density at radius 3 is 2.39 bits per heavy atom. The maximum atomic E-state index is 13.9. The van der Waals surface area contributed by atoms with E-state index in [0.717, 1.165) is 12.1 Å². The Morgan fingerprint density at radius 1 is 1.10 bits per heavy atom. The summed E-state index contributed by atoms with van der Waals surface area (Å²) in [7, 11) is 0. The zero-order chi connectivity index (χ0) is 22.5. The van der Waals surface area contributed by atoms with E-state index in [2.05, 4.69) is 20.4 Å². The van der Waals surface area contributed by atoms with Crippen LogP contribution in [0.2, 0.25) is 0 Å². The number of carbonyl (C=O) groups is 1. The topological polar surface area (TPSA) is 63.2 Å². The summed E-state index contributed by atoms with van der Waals surface area (Å²) in [4.78, 5) is 16.5. The van der Waals surface area contributed by atoms with Crippen LogP contribution in [0.4, 0.5) is 26.3 Å². The number of alkyl halides is 5. The number of hydrogen-bond donors (Lipinski definition) is 2. The average molecular weight is 449 g/mol. The molecule has 0 spiro atoms. The number of hydrogen-bond acceptors (Lipinski definition) is 4. The Morgan fingerprint density at radius 2 is 1.77 bits per heavy atom. The smallest absolute Gasteiger partial charge is 0.387 e. The number of amides is 1. The number of halogens is 6. The molecule has 1 aliphatic rings. The highest BCUT2D eigenvalue weighted by Gasteiger charge is 2.28. The van der Waals surface area contributed by atoms with Crippen molar-refractivity contribution in [2.24, 2.45) is 0 Å². The number of ether oxygens (including phenoxy) is 1. The first-order valence-corrected chi connectivity index (χ1v) is 9.72. The molecule has 2 N–H and O–H groups in total. The molecule has 3 rings (SSSR count). The molecule has 1 aliphatic carbocycles.